The summed E-state index contributed by atoms with van der Waals surface area (Å²) in [7, 11) is 0. The molecule has 100 valence electrons. The van der Waals surface area contributed by atoms with Crippen LogP contribution < -0.4 is 5.73 Å². The molecule has 0 aliphatic carbocycles. The Morgan fingerprint density at radius 1 is 1.16 bits per heavy atom. The molecule has 0 bridgehead atoms. The summed E-state index contributed by atoms with van der Waals surface area (Å²) < 4.78 is 26.7. The highest BCUT2D eigenvalue weighted by Gasteiger charge is 2.13. The molecule has 1 atom stereocenters. The lowest BCUT2D eigenvalue weighted by molar-refractivity contribution is 0.572. The Morgan fingerprint density at radius 2 is 1.89 bits per heavy atom. The molecule has 0 aromatic heterocycles. The van der Waals surface area contributed by atoms with Crippen molar-refractivity contribution in [2.75, 3.05) is 0 Å². The van der Waals surface area contributed by atoms with Crippen LogP contribution in [0.3, 0.4) is 0 Å². The van der Waals surface area contributed by atoms with Crippen molar-refractivity contribution < 1.29 is 8.78 Å². The molecule has 0 radical (unpaired) electrons. The van der Waals surface area contributed by atoms with Crippen LogP contribution in [0.5, 0.6) is 0 Å². The molecule has 2 aromatic carbocycles. The molecule has 0 fully saturated rings. The van der Waals surface area contributed by atoms with Crippen LogP contribution in [0, 0.1) is 18.6 Å². The monoisotopic (exact) mass is 281 g/mol. The lowest BCUT2D eigenvalue weighted by Gasteiger charge is -2.15. The third-order valence-electron chi connectivity index (χ3n) is 3.09. The summed E-state index contributed by atoms with van der Waals surface area (Å²) >= 11 is 5.93. The third kappa shape index (κ3) is 3.31. The van der Waals surface area contributed by atoms with Gasteiger partial charge in [-0.05, 0) is 60.4 Å². The number of benzene rings is 2. The molecule has 0 aliphatic heterocycles. The van der Waals surface area contributed by atoms with Crippen molar-refractivity contribution in [2.45, 2.75) is 19.4 Å². The molecule has 0 amide bonds. The van der Waals surface area contributed by atoms with Crippen LogP contribution >= 0.6 is 11.6 Å². The number of hydrogen-bond acceptors (Lipinski definition) is 1. The van der Waals surface area contributed by atoms with Crippen LogP contribution in [0.2, 0.25) is 5.02 Å². The average Bonchev–Trinajstić information content (AvgIpc) is 2.36. The van der Waals surface area contributed by atoms with Crippen LogP contribution in [0.25, 0.3) is 0 Å². The van der Waals surface area contributed by atoms with Gasteiger partial charge in [-0.15, -0.1) is 0 Å². The maximum atomic E-state index is 13.6. The lowest BCUT2D eigenvalue weighted by Crippen LogP contribution is -2.15. The van der Waals surface area contributed by atoms with Crippen LogP contribution in [-0.2, 0) is 6.42 Å². The molecule has 1 unspecified atom stereocenters. The first kappa shape index (κ1) is 14.0. The van der Waals surface area contributed by atoms with Gasteiger partial charge in [0.15, 0.2) is 0 Å². The minimum atomic E-state index is -0.466. The summed E-state index contributed by atoms with van der Waals surface area (Å²) in [6.45, 7) is 1.91. The number of halogens is 3. The van der Waals surface area contributed by atoms with E-state index in [1.54, 1.807) is 12.1 Å². The van der Waals surface area contributed by atoms with E-state index in [0.717, 1.165) is 23.3 Å². The standard InChI is InChI=1S/C15H14ClF2N/c1-9-2-3-11(16)8-13(9)15(19)7-10-6-12(17)4-5-14(10)18/h2-6,8,15H,7,19H2,1H3. The summed E-state index contributed by atoms with van der Waals surface area (Å²) in [5, 5.41) is 0.579. The van der Waals surface area contributed by atoms with E-state index in [-0.39, 0.29) is 12.0 Å². The molecular formula is C15H14ClF2N. The number of hydrogen-bond donors (Lipinski definition) is 1. The van der Waals surface area contributed by atoms with E-state index in [1.807, 2.05) is 13.0 Å². The predicted molar refractivity (Wildman–Crippen MR) is 73.2 cm³/mol. The SMILES string of the molecule is Cc1ccc(Cl)cc1C(N)Cc1cc(F)ccc1F. The Balaban J connectivity index is 2.27. The molecule has 0 aliphatic rings. The van der Waals surface area contributed by atoms with Gasteiger partial charge < -0.3 is 5.73 Å². The number of rotatable bonds is 3. The second-order valence-corrected chi connectivity index (χ2v) is 4.98. The highest BCUT2D eigenvalue weighted by Crippen LogP contribution is 2.24. The van der Waals surface area contributed by atoms with E-state index in [9.17, 15) is 8.78 Å². The Bertz CT molecular complexity index is 599. The van der Waals surface area contributed by atoms with Gasteiger partial charge in [0.25, 0.3) is 0 Å². The van der Waals surface area contributed by atoms with Crippen molar-refractivity contribution in [3.05, 3.63) is 69.7 Å². The predicted octanol–water partition coefficient (Wildman–Crippen LogP) is 4.17. The summed E-state index contributed by atoms with van der Waals surface area (Å²) in [4.78, 5) is 0. The lowest BCUT2D eigenvalue weighted by atomic mass is 9.96. The molecule has 0 saturated heterocycles. The maximum Gasteiger partial charge on any atom is 0.126 e. The van der Waals surface area contributed by atoms with Crippen molar-refractivity contribution in [3.63, 3.8) is 0 Å². The highest BCUT2D eigenvalue weighted by molar-refractivity contribution is 6.30. The third-order valence-corrected chi connectivity index (χ3v) is 3.32. The fraction of sp³-hybridized carbons (Fsp3) is 0.200. The van der Waals surface area contributed by atoms with Crippen molar-refractivity contribution in [1.82, 2.24) is 0 Å². The zero-order chi connectivity index (χ0) is 14.0. The van der Waals surface area contributed by atoms with E-state index in [1.165, 1.54) is 6.07 Å². The minimum Gasteiger partial charge on any atom is -0.324 e. The zero-order valence-electron chi connectivity index (χ0n) is 10.5. The van der Waals surface area contributed by atoms with Gasteiger partial charge in [-0.2, -0.15) is 0 Å². The molecule has 2 N–H and O–H groups in total. The molecule has 19 heavy (non-hydrogen) atoms. The van der Waals surface area contributed by atoms with Crippen molar-refractivity contribution in [3.8, 4) is 0 Å². The molecule has 2 aromatic rings. The van der Waals surface area contributed by atoms with Gasteiger partial charge >= 0.3 is 0 Å². The van der Waals surface area contributed by atoms with E-state index < -0.39 is 17.7 Å². The Kier molecular flexibility index (Phi) is 4.17. The first-order valence-corrected chi connectivity index (χ1v) is 6.30. The summed E-state index contributed by atoms with van der Waals surface area (Å²) in [5.74, 6) is -0.914. The van der Waals surface area contributed by atoms with Crippen molar-refractivity contribution >= 4 is 11.6 Å². The fourth-order valence-electron chi connectivity index (χ4n) is 2.06. The molecule has 0 spiro atoms. The van der Waals surface area contributed by atoms with Crippen molar-refractivity contribution in [2.24, 2.45) is 5.73 Å². The quantitative estimate of drug-likeness (QED) is 0.898. The second-order valence-electron chi connectivity index (χ2n) is 4.55. The normalized spacial score (nSPS) is 12.5. The van der Waals surface area contributed by atoms with Gasteiger partial charge in [-0.1, -0.05) is 17.7 Å². The smallest absolute Gasteiger partial charge is 0.126 e. The molecule has 2 rings (SSSR count). The van der Waals surface area contributed by atoms with Gasteiger partial charge in [0.05, 0.1) is 0 Å². The topological polar surface area (TPSA) is 26.0 Å². The molecule has 0 heterocycles. The fourth-order valence-corrected chi connectivity index (χ4v) is 2.24. The maximum absolute atomic E-state index is 13.6. The van der Waals surface area contributed by atoms with Gasteiger partial charge in [-0.3, -0.25) is 0 Å². The molecule has 0 saturated carbocycles. The molecular weight excluding hydrogens is 268 g/mol. The number of aryl methyl sites for hydroxylation is 1. The van der Waals surface area contributed by atoms with Gasteiger partial charge in [0.2, 0.25) is 0 Å². The van der Waals surface area contributed by atoms with E-state index >= 15 is 0 Å². The van der Waals surface area contributed by atoms with Crippen LogP contribution in [-0.4, -0.2) is 0 Å². The average molecular weight is 282 g/mol. The van der Waals surface area contributed by atoms with Crippen LogP contribution in [0.1, 0.15) is 22.7 Å². The first-order chi connectivity index (χ1) is 8.97. The van der Waals surface area contributed by atoms with Crippen molar-refractivity contribution in [1.29, 1.82) is 0 Å². The number of nitrogens with two attached hydrogens (primary N) is 1. The summed E-state index contributed by atoms with van der Waals surface area (Å²) in [6.07, 6.45) is 0.227. The highest BCUT2D eigenvalue weighted by atomic mass is 35.5. The van der Waals surface area contributed by atoms with Gasteiger partial charge in [0.1, 0.15) is 11.6 Å². The van der Waals surface area contributed by atoms with Crippen LogP contribution in [0.15, 0.2) is 36.4 Å². The van der Waals surface area contributed by atoms with E-state index in [2.05, 4.69) is 0 Å². The molecule has 4 heteroatoms. The van der Waals surface area contributed by atoms with Gasteiger partial charge in [0, 0.05) is 11.1 Å². The summed E-state index contributed by atoms with van der Waals surface area (Å²) in [5.41, 5.74) is 8.16. The minimum absolute atomic E-state index is 0.227. The van der Waals surface area contributed by atoms with E-state index in [0.29, 0.717) is 5.02 Å². The van der Waals surface area contributed by atoms with Gasteiger partial charge in [-0.25, -0.2) is 8.78 Å². The second kappa shape index (κ2) is 5.68. The largest absolute Gasteiger partial charge is 0.324 e. The Labute approximate surface area is 116 Å². The van der Waals surface area contributed by atoms with Crippen LogP contribution in [0.4, 0.5) is 8.78 Å². The first-order valence-electron chi connectivity index (χ1n) is 5.93. The summed E-state index contributed by atoms with van der Waals surface area (Å²) in [6, 6.07) is 8.36. The Hall–Kier alpha value is -1.45. The molecule has 1 nitrogen and oxygen atoms in total. The van der Waals surface area contributed by atoms with E-state index in [4.69, 9.17) is 17.3 Å². The zero-order valence-corrected chi connectivity index (χ0v) is 11.2. The Morgan fingerprint density at radius 3 is 2.63 bits per heavy atom.